The first-order valence-electron chi connectivity index (χ1n) is 2.74. The second kappa shape index (κ2) is 5.03. The zero-order valence-corrected chi connectivity index (χ0v) is 5.09. The molecule has 0 aromatic rings. The maximum Gasteiger partial charge on any atom is 0.0585 e. The molecule has 0 saturated heterocycles. The first-order chi connectivity index (χ1) is 3.85. The van der Waals surface area contributed by atoms with Crippen molar-refractivity contribution in [1.82, 2.24) is 5.32 Å². The van der Waals surface area contributed by atoms with Crippen LogP contribution in [0.4, 0.5) is 0 Å². The number of aliphatic hydroxyl groups excluding tert-OH is 2. The van der Waals surface area contributed by atoms with Crippen molar-refractivity contribution in [3.63, 3.8) is 0 Å². The fourth-order valence-corrected chi connectivity index (χ4v) is 0.483. The van der Waals surface area contributed by atoms with Crippen molar-refractivity contribution in [2.45, 2.75) is 12.5 Å². The van der Waals surface area contributed by atoms with Gasteiger partial charge in [0.2, 0.25) is 0 Å². The van der Waals surface area contributed by atoms with Gasteiger partial charge in [-0.05, 0) is 13.5 Å². The van der Waals surface area contributed by atoms with Crippen molar-refractivity contribution in [2.24, 2.45) is 0 Å². The minimum absolute atomic E-state index is 0.0556. The predicted molar refractivity (Wildman–Crippen MR) is 31.6 cm³/mol. The van der Waals surface area contributed by atoms with Crippen molar-refractivity contribution >= 4 is 0 Å². The Kier molecular flexibility index (Phi) is 4.95. The van der Waals surface area contributed by atoms with Gasteiger partial charge in [-0.15, -0.1) is 0 Å². The van der Waals surface area contributed by atoms with Crippen molar-refractivity contribution < 1.29 is 10.2 Å². The highest BCUT2D eigenvalue weighted by Gasteiger charge is 1.99. The third-order valence-electron chi connectivity index (χ3n) is 1.11. The first-order valence-corrected chi connectivity index (χ1v) is 2.74. The molecular formula is C5H13NO2. The van der Waals surface area contributed by atoms with Gasteiger partial charge >= 0.3 is 0 Å². The first kappa shape index (κ1) is 7.88. The molecule has 0 saturated carbocycles. The van der Waals surface area contributed by atoms with Crippen LogP contribution in [0.15, 0.2) is 0 Å². The Labute approximate surface area is 49.3 Å². The van der Waals surface area contributed by atoms with E-state index in [1.807, 2.05) is 0 Å². The van der Waals surface area contributed by atoms with Gasteiger partial charge in [0.05, 0.1) is 6.61 Å². The summed E-state index contributed by atoms with van der Waals surface area (Å²) in [4.78, 5) is 0. The van der Waals surface area contributed by atoms with Gasteiger partial charge in [-0.3, -0.25) is 0 Å². The molecule has 3 N–H and O–H groups in total. The van der Waals surface area contributed by atoms with Crippen LogP contribution in [0.3, 0.4) is 0 Å². The number of hydrogen-bond acceptors (Lipinski definition) is 3. The zero-order valence-electron chi connectivity index (χ0n) is 5.09. The normalized spacial score (nSPS) is 13.9. The van der Waals surface area contributed by atoms with Crippen LogP contribution >= 0.6 is 0 Å². The van der Waals surface area contributed by atoms with Crippen LogP contribution in [0.1, 0.15) is 6.42 Å². The molecule has 0 rings (SSSR count). The molecule has 50 valence electrons. The van der Waals surface area contributed by atoms with Crippen LogP contribution in [0.5, 0.6) is 0 Å². The van der Waals surface area contributed by atoms with E-state index in [2.05, 4.69) is 5.32 Å². The number of likely N-dealkylation sites (N-methyl/N-ethyl adjacent to an activating group) is 1. The van der Waals surface area contributed by atoms with Crippen LogP contribution in [0, 0.1) is 0 Å². The molecule has 0 fully saturated rings. The van der Waals surface area contributed by atoms with Gasteiger partial charge in [0, 0.05) is 12.6 Å². The Bertz CT molecular complexity index is 45.7. The monoisotopic (exact) mass is 119 g/mol. The summed E-state index contributed by atoms with van der Waals surface area (Å²) >= 11 is 0. The van der Waals surface area contributed by atoms with E-state index in [-0.39, 0.29) is 19.3 Å². The maximum atomic E-state index is 8.48. The second-order valence-electron chi connectivity index (χ2n) is 1.68. The van der Waals surface area contributed by atoms with Gasteiger partial charge in [-0.1, -0.05) is 0 Å². The predicted octanol–water partition coefficient (Wildman–Crippen LogP) is -1.05. The lowest BCUT2D eigenvalue weighted by Crippen LogP contribution is -2.29. The molecule has 0 aliphatic carbocycles. The van der Waals surface area contributed by atoms with E-state index < -0.39 is 0 Å². The van der Waals surface area contributed by atoms with Crippen molar-refractivity contribution in [2.75, 3.05) is 20.3 Å². The molecule has 3 nitrogen and oxygen atoms in total. The molecule has 0 bridgehead atoms. The zero-order chi connectivity index (χ0) is 6.41. The summed E-state index contributed by atoms with van der Waals surface area (Å²) in [5, 5.41) is 19.7. The molecule has 0 spiro atoms. The van der Waals surface area contributed by atoms with E-state index in [4.69, 9.17) is 10.2 Å². The highest BCUT2D eigenvalue weighted by atomic mass is 16.3. The summed E-state index contributed by atoms with van der Waals surface area (Å²) < 4.78 is 0. The van der Waals surface area contributed by atoms with Crippen LogP contribution in [-0.2, 0) is 0 Å². The molecule has 0 aliphatic rings. The molecule has 8 heavy (non-hydrogen) atoms. The highest BCUT2D eigenvalue weighted by Crippen LogP contribution is 1.85. The van der Waals surface area contributed by atoms with Crippen LogP contribution < -0.4 is 5.32 Å². The third kappa shape index (κ3) is 2.96. The Balaban J connectivity index is 3.07. The Morgan fingerprint density at radius 2 is 2.12 bits per heavy atom. The van der Waals surface area contributed by atoms with E-state index in [0.717, 1.165) is 0 Å². The van der Waals surface area contributed by atoms with E-state index in [0.29, 0.717) is 6.42 Å². The van der Waals surface area contributed by atoms with E-state index >= 15 is 0 Å². The molecule has 1 atom stereocenters. The van der Waals surface area contributed by atoms with E-state index in [1.54, 1.807) is 7.05 Å². The SMILES string of the molecule is CN[C@H](CO)CCO. The summed E-state index contributed by atoms with van der Waals surface area (Å²) in [6, 6.07) is 0.0556. The molecule has 0 radical (unpaired) electrons. The standard InChI is InChI=1S/C5H13NO2/c1-6-5(4-8)2-3-7/h5-8H,2-4H2,1H3/t5-/m0/s1. The minimum atomic E-state index is 0.0556. The average Bonchev–Trinajstić information content (AvgIpc) is 1.83. The Hall–Kier alpha value is -0.120. The molecule has 0 aromatic carbocycles. The van der Waals surface area contributed by atoms with Gasteiger partial charge < -0.3 is 15.5 Å². The molecule has 0 aromatic heterocycles. The van der Waals surface area contributed by atoms with Gasteiger partial charge in [0.1, 0.15) is 0 Å². The minimum Gasteiger partial charge on any atom is -0.396 e. The highest BCUT2D eigenvalue weighted by molar-refractivity contribution is 4.59. The van der Waals surface area contributed by atoms with Crippen molar-refractivity contribution in [1.29, 1.82) is 0 Å². The number of hydrogen-bond donors (Lipinski definition) is 3. The quantitative estimate of drug-likeness (QED) is 0.442. The average molecular weight is 119 g/mol. The molecular weight excluding hydrogens is 106 g/mol. The summed E-state index contributed by atoms with van der Waals surface area (Å²) in [7, 11) is 1.76. The number of rotatable bonds is 4. The van der Waals surface area contributed by atoms with Crippen molar-refractivity contribution in [3.8, 4) is 0 Å². The molecule has 0 unspecified atom stereocenters. The van der Waals surface area contributed by atoms with Gasteiger partial charge in [0.15, 0.2) is 0 Å². The summed E-state index contributed by atoms with van der Waals surface area (Å²) in [5.41, 5.74) is 0. The number of nitrogens with one attached hydrogen (secondary N) is 1. The largest absolute Gasteiger partial charge is 0.396 e. The van der Waals surface area contributed by atoms with Crippen molar-refractivity contribution in [3.05, 3.63) is 0 Å². The lowest BCUT2D eigenvalue weighted by molar-refractivity contribution is 0.206. The Morgan fingerprint density at radius 1 is 1.50 bits per heavy atom. The summed E-state index contributed by atoms with van der Waals surface area (Å²) in [5.74, 6) is 0. The lowest BCUT2D eigenvalue weighted by Gasteiger charge is -2.09. The van der Waals surface area contributed by atoms with Gasteiger partial charge in [-0.2, -0.15) is 0 Å². The van der Waals surface area contributed by atoms with Crippen LogP contribution in [-0.4, -0.2) is 36.5 Å². The maximum absolute atomic E-state index is 8.48. The smallest absolute Gasteiger partial charge is 0.0585 e. The topological polar surface area (TPSA) is 52.5 Å². The number of aliphatic hydroxyl groups is 2. The molecule has 0 amide bonds. The van der Waals surface area contributed by atoms with E-state index in [1.165, 1.54) is 0 Å². The lowest BCUT2D eigenvalue weighted by atomic mass is 10.2. The summed E-state index contributed by atoms with van der Waals surface area (Å²) in [6.07, 6.45) is 0.618. The van der Waals surface area contributed by atoms with Crippen LogP contribution in [0.25, 0.3) is 0 Å². The third-order valence-corrected chi connectivity index (χ3v) is 1.11. The van der Waals surface area contributed by atoms with E-state index in [9.17, 15) is 0 Å². The second-order valence-corrected chi connectivity index (χ2v) is 1.68. The Morgan fingerprint density at radius 3 is 2.25 bits per heavy atom. The molecule has 3 heteroatoms. The fraction of sp³-hybridized carbons (Fsp3) is 1.00. The molecule has 0 aliphatic heterocycles. The van der Waals surface area contributed by atoms with Gasteiger partial charge in [-0.25, -0.2) is 0 Å². The fourth-order valence-electron chi connectivity index (χ4n) is 0.483. The summed E-state index contributed by atoms with van der Waals surface area (Å²) in [6.45, 7) is 0.225. The molecule has 0 heterocycles. The van der Waals surface area contributed by atoms with Gasteiger partial charge in [0.25, 0.3) is 0 Å². The van der Waals surface area contributed by atoms with Crippen LogP contribution in [0.2, 0.25) is 0 Å².